The predicted octanol–water partition coefficient (Wildman–Crippen LogP) is 2.54. The molecular formula is C14H15N3O. The van der Waals surface area contributed by atoms with Gasteiger partial charge in [0.2, 0.25) is 5.89 Å². The molecule has 4 N–H and O–H groups in total. The van der Waals surface area contributed by atoms with Crippen LogP contribution in [0.15, 0.2) is 46.5 Å². The number of allylic oxidation sites excluding steroid dienone is 4. The molecule has 0 bridgehead atoms. The number of fused-ring (bicyclic) bond motifs is 1. The summed E-state index contributed by atoms with van der Waals surface area (Å²) in [6.07, 6.45) is 5.93. The molecule has 2 atom stereocenters. The van der Waals surface area contributed by atoms with E-state index >= 15 is 0 Å². The van der Waals surface area contributed by atoms with Gasteiger partial charge in [0.05, 0.1) is 5.92 Å². The monoisotopic (exact) mass is 241 g/mol. The molecule has 0 aliphatic heterocycles. The Balaban J connectivity index is 2.05. The van der Waals surface area contributed by atoms with E-state index in [-0.39, 0.29) is 11.8 Å². The van der Waals surface area contributed by atoms with E-state index in [1.165, 1.54) is 0 Å². The van der Waals surface area contributed by atoms with E-state index < -0.39 is 0 Å². The highest BCUT2D eigenvalue weighted by Crippen LogP contribution is 2.33. The van der Waals surface area contributed by atoms with Crippen LogP contribution in [0, 0.1) is 5.92 Å². The quantitative estimate of drug-likeness (QED) is 0.752. The molecular weight excluding hydrogens is 226 g/mol. The van der Waals surface area contributed by atoms with Gasteiger partial charge in [0.25, 0.3) is 0 Å². The summed E-state index contributed by atoms with van der Waals surface area (Å²) >= 11 is 0. The lowest BCUT2D eigenvalue weighted by Gasteiger charge is -2.21. The van der Waals surface area contributed by atoms with Crippen LogP contribution in [0.4, 0.5) is 5.69 Å². The molecule has 4 heteroatoms. The van der Waals surface area contributed by atoms with Crippen LogP contribution in [0.3, 0.4) is 0 Å². The molecule has 4 nitrogen and oxygen atoms in total. The first-order chi connectivity index (χ1) is 8.65. The summed E-state index contributed by atoms with van der Waals surface area (Å²) in [5, 5.41) is 0. The molecule has 2 unspecified atom stereocenters. The molecule has 92 valence electrons. The molecule has 1 aromatic carbocycles. The molecule has 1 aliphatic carbocycles. The number of benzene rings is 1. The van der Waals surface area contributed by atoms with Crippen molar-refractivity contribution >= 4 is 16.8 Å². The predicted molar refractivity (Wildman–Crippen MR) is 71.7 cm³/mol. The van der Waals surface area contributed by atoms with E-state index in [4.69, 9.17) is 15.9 Å². The van der Waals surface area contributed by atoms with Crippen molar-refractivity contribution in [3.05, 3.63) is 48.0 Å². The van der Waals surface area contributed by atoms with Gasteiger partial charge in [-0.15, -0.1) is 0 Å². The van der Waals surface area contributed by atoms with Gasteiger partial charge in [-0.25, -0.2) is 4.98 Å². The Labute approximate surface area is 105 Å². The Morgan fingerprint density at radius 2 is 2.11 bits per heavy atom. The van der Waals surface area contributed by atoms with Crippen molar-refractivity contribution in [1.82, 2.24) is 4.98 Å². The molecule has 3 rings (SSSR count). The maximum Gasteiger partial charge on any atom is 0.203 e. The number of anilines is 1. The van der Waals surface area contributed by atoms with Crippen LogP contribution < -0.4 is 11.5 Å². The fourth-order valence-electron chi connectivity index (χ4n) is 2.21. The molecule has 1 heterocycles. The highest BCUT2D eigenvalue weighted by Gasteiger charge is 2.25. The van der Waals surface area contributed by atoms with E-state index in [1.54, 1.807) is 0 Å². The first kappa shape index (κ1) is 10.9. The van der Waals surface area contributed by atoms with Crippen molar-refractivity contribution in [2.24, 2.45) is 11.7 Å². The highest BCUT2D eigenvalue weighted by atomic mass is 16.3. The lowest BCUT2D eigenvalue weighted by molar-refractivity contribution is 0.449. The fraction of sp³-hybridized carbons (Fsp3) is 0.214. The standard InChI is InChI=1S/C14H15N3O/c1-8-10(3-2-4-11(8)16)14-17-12-7-9(15)5-6-13(12)18-14/h2-8,10H,15-16H2,1H3. The second-order valence-electron chi connectivity index (χ2n) is 4.65. The minimum atomic E-state index is 0.0867. The lowest BCUT2D eigenvalue weighted by Crippen LogP contribution is -2.18. The Kier molecular flexibility index (Phi) is 2.37. The molecule has 0 spiro atoms. The molecule has 0 fully saturated rings. The van der Waals surface area contributed by atoms with Crippen LogP contribution in [0.2, 0.25) is 0 Å². The zero-order chi connectivity index (χ0) is 12.7. The summed E-state index contributed by atoms with van der Waals surface area (Å²) in [6, 6.07) is 5.47. The van der Waals surface area contributed by atoms with Crippen LogP contribution in [-0.4, -0.2) is 4.98 Å². The zero-order valence-electron chi connectivity index (χ0n) is 10.1. The van der Waals surface area contributed by atoms with Gasteiger partial charge in [0, 0.05) is 17.3 Å². The molecule has 0 saturated carbocycles. The van der Waals surface area contributed by atoms with Gasteiger partial charge in [0.1, 0.15) is 5.52 Å². The number of nitrogen functional groups attached to an aromatic ring is 1. The first-order valence-electron chi connectivity index (χ1n) is 5.95. The minimum Gasteiger partial charge on any atom is -0.440 e. The lowest BCUT2D eigenvalue weighted by atomic mass is 9.87. The van der Waals surface area contributed by atoms with Gasteiger partial charge < -0.3 is 15.9 Å². The summed E-state index contributed by atoms with van der Waals surface area (Å²) in [6.45, 7) is 2.07. The van der Waals surface area contributed by atoms with Crippen LogP contribution in [0.5, 0.6) is 0 Å². The van der Waals surface area contributed by atoms with Crippen LogP contribution in [-0.2, 0) is 0 Å². The SMILES string of the molecule is CC1C(N)=CC=CC1c1nc2cc(N)ccc2o1. The maximum absolute atomic E-state index is 5.94. The van der Waals surface area contributed by atoms with Crippen molar-refractivity contribution in [3.63, 3.8) is 0 Å². The summed E-state index contributed by atoms with van der Waals surface area (Å²) in [7, 11) is 0. The van der Waals surface area contributed by atoms with Crippen LogP contribution in [0.1, 0.15) is 18.7 Å². The normalized spacial score (nSPS) is 23.3. The number of aromatic nitrogens is 1. The van der Waals surface area contributed by atoms with Gasteiger partial charge in [-0.3, -0.25) is 0 Å². The van der Waals surface area contributed by atoms with Crippen LogP contribution >= 0.6 is 0 Å². The van der Waals surface area contributed by atoms with E-state index in [0.717, 1.165) is 16.8 Å². The van der Waals surface area contributed by atoms with Gasteiger partial charge >= 0.3 is 0 Å². The fourth-order valence-corrected chi connectivity index (χ4v) is 2.21. The highest BCUT2D eigenvalue weighted by molar-refractivity contribution is 5.76. The summed E-state index contributed by atoms with van der Waals surface area (Å²) in [4.78, 5) is 4.50. The number of hydrogen-bond acceptors (Lipinski definition) is 4. The Morgan fingerprint density at radius 3 is 2.94 bits per heavy atom. The molecule has 2 aromatic rings. The van der Waals surface area contributed by atoms with Gasteiger partial charge in [-0.2, -0.15) is 0 Å². The average molecular weight is 241 g/mol. The largest absolute Gasteiger partial charge is 0.440 e. The number of nitrogens with two attached hydrogens (primary N) is 2. The van der Waals surface area contributed by atoms with Crippen molar-refractivity contribution in [2.45, 2.75) is 12.8 Å². The number of rotatable bonds is 1. The number of hydrogen-bond donors (Lipinski definition) is 2. The molecule has 0 radical (unpaired) electrons. The Hall–Kier alpha value is -2.23. The number of oxazole rings is 1. The third-order valence-electron chi connectivity index (χ3n) is 3.38. The third-order valence-corrected chi connectivity index (χ3v) is 3.38. The summed E-state index contributed by atoms with van der Waals surface area (Å²) in [5.74, 6) is 0.972. The average Bonchev–Trinajstić information content (AvgIpc) is 2.75. The number of nitrogens with zero attached hydrogens (tertiary/aromatic N) is 1. The topological polar surface area (TPSA) is 78.1 Å². The van der Waals surface area contributed by atoms with Crippen molar-refractivity contribution < 1.29 is 4.42 Å². The Morgan fingerprint density at radius 1 is 1.28 bits per heavy atom. The van der Waals surface area contributed by atoms with E-state index in [9.17, 15) is 0 Å². The van der Waals surface area contributed by atoms with E-state index in [1.807, 2.05) is 30.4 Å². The van der Waals surface area contributed by atoms with Gasteiger partial charge in [-0.1, -0.05) is 19.1 Å². The van der Waals surface area contributed by atoms with Gasteiger partial charge in [-0.05, 0) is 24.3 Å². The second kappa shape index (κ2) is 3.91. The third kappa shape index (κ3) is 1.66. The van der Waals surface area contributed by atoms with Crippen molar-refractivity contribution in [1.29, 1.82) is 0 Å². The zero-order valence-corrected chi connectivity index (χ0v) is 10.1. The Bertz CT molecular complexity index is 654. The van der Waals surface area contributed by atoms with E-state index in [0.29, 0.717) is 11.6 Å². The van der Waals surface area contributed by atoms with Crippen LogP contribution in [0.25, 0.3) is 11.1 Å². The first-order valence-corrected chi connectivity index (χ1v) is 5.95. The molecule has 0 amide bonds. The smallest absolute Gasteiger partial charge is 0.203 e. The molecule has 0 saturated heterocycles. The molecule has 18 heavy (non-hydrogen) atoms. The van der Waals surface area contributed by atoms with Gasteiger partial charge in [0.15, 0.2) is 5.58 Å². The maximum atomic E-state index is 5.94. The molecule has 1 aliphatic rings. The van der Waals surface area contributed by atoms with Crippen molar-refractivity contribution in [2.75, 3.05) is 5.73 Å². The second-order valence-corrected chi connectivity index (χ2v) is 4.65. The summed E-state index contributed by atoms with van der Waals surface area (Å²) < 4.78 is 5.78. The minimum absolute atomic E-state index is 0.0867. The van der Waals surface area contributed by atoms with Crippen molar-refractivity contribution in [3.8, 4) is 0 Å². The summed E-state index contributed by atoms with van der Waals surface area (Å²) in [5.41, 5.74) is 14.8. The van der Waals surface area contributed by atoms with E-state index in [2.05, 4.69) is 18.0 Å². The molecule has 1 aromatic heterocycles.